The molecule has 1 aromatic rings. The van der Waals surface area contributed by atoms with Crippen LogP contribution in [-0.4, -0.2) is 42.4 Å². The Hall–Kier alpha value is -1.88. The van der Waals surface area contributed by atoms with Crippen molar-refractivity contribution in [1.29, 1.82) is 0 Å². The van der Waals surface area contributed by atoms with E-state index in [1.54, 1.807) is 4.90 Å². The number of hydrogen-bond donors (Lipinski definition) is 2. The summed E-state index contributed by atoms with van der Waals surface area (Å²) in [6.45, 7) is 5.19. The second-order valence-electron chi connectivity index (χ2n) is 4.85. The van der Waals surface area contributed by atoms with Gasteiger partial charge in [-0.2, -0.15) is 0 Å². The summed E-state index contributed by atoms with van der Waals surface area (Å²) < 4.78 is 0. The van der Waals surface area contributed by atoms with Crippen LogP contribution in [-0.2, 0) is 9.59 Å². The van der Waals surface area contributed by atoms with Crippen molar-refractivity contribution < 1.29 is 9.59 Å². The van der Waals surface area contributed by atoms with E-state index in [0.29, 0.717) is 6.54 Å². The second-order valence-corrected chi connectivity index (χ2v) is 4.85. The highest BCUT2D eigenvalue weighted by Crippen LogP contribution is 2.09. The predicted octanol–water partition coefficient (Wildman–Crippen LogP) is 0.754. The van der Waals surface area contributed by atoms with Crippen LogP contribution in [0.2, 0.25) is 0 Å². The molecular formula is C14H19N3O2. The van der Waals surface area contributed by atoms with Crippen molar-refractivity contribution in [3.05, 3.63) is 29.8 Å². The monoisotopic (exact) mass is 261 g/mol. The molecule has 1 unspecified atom stereocenters. The summed E-state index contributed by atoms with van der Waals surface area (Å²) in [4.78, 5) is 25.4. The van der Waals surface area contributed by atoms with Gasteiger partial charge in [0.1, 0.15) is 0 Å². The summed E-state index contributed by atoms with van der Waals surface area (Å²) in [5.41, 5.74) is 1.85. The van der Waals surface area contributed by atoms with Crippen molar-refractivity contribution in [3.8, 4) is 0 Å². The van der Waals surface area contributed by atoms with Crippen LogP contribution < -0.4 is 10.6 Å². The highest BCUT2D eigenvalue weighted by atomic mass is 16.2. The van der Waals surface area contributed by atoms with Gasteiger partial charge in [0.25, 0.3) is 0 Å². The first-order valence-electron chi connectivity index (χ1n) is 6.45. The van der Waals surface area contributed by atoms with Crippen LogP contribution in [0.3, 0.4) is 0 Å². The molecule has 1 atom stereocenters. The van der Waals surface area contributed by atoms with E-state index in [-0.39, 0.29) is 24.4 Å². The molecule has 5 nitrogen and oxygen atoms in total. The molecule has 1 saturated heterocycles. The summed E-state index contributed by atoms with van der Waals surface area (Å²) in [7, 11) is 0. The third-order valence-electron chi connectivity index (χ3n) is 3.15. The number of nitrogens with one attached hydrogen (secondary N) is 2. The molecule has 0 aromatic heterocycles. The first-order valence-corrected chi connectivity index (χ1v) is 6.45. The van der Waals surface area contributed by atoms with E-state index >= 15 is 0 Å². The molecule has 1 heterocycles. The lowest BCUT2D eigenvalue weighted by Gasteiger charge is -2.30. The molecule has 1 fully saturated rings. The fourth-order valence-corrected chi connectivity index (χ4v) is 2.14. The maximum Gasteiger partial charge on any atom is 0.243 e. The van der Waals surface area contributed by atoms with E-state index in [1.165, 1.54) is 0 Å². The smallest absolute Gasteiger partial charge is 0.243 e. The zero-order valence-corrected chi connectivity index (χ0v) is 11.3. The minimum Gasteiger partial charge on any atom is -0.331 e. The molecule has 2 amide bonds. The zero-order chi connectivity index (χ0) is 13.8. The number of hydrogen-bond acceptors (Lipinski definition) is 3. The number of benzene rings is 1. The van der Waals surface area contributed by atoms with Crippen LogP contribution in [0, 0.1) is 6.92 Å². The summed E-state index contributed by atoms with van der Waals surface area (Å²) in [5, 5.41) is 5.88. The topological polar surface area (TPSA) is 61.4 Å². The quantitative estimate of drug-likeness (QED) is 0.844. The molecular weight excluding hydrogens is 242 g/mol. The Bertz CT molecular complexity index is 487. The number of anilines is 1. The van der Waals surface area contributed by atoms with Crippen LogP contribution >= 0.6 is 0 Å². The van der Waals surface area contributed by atoms with Gasteiger partial charge in [-0.25, -0.2) is 0 Å². The van der Waals surface area contributed by atoms with E-state index in [4.69, 9.17) is 0 Å². The predicted molar refractivity (Wildman–Crippen MR) is 73.9 cm³/mol. The molecule has 19 heavy (non-hydrogen) atoms. The lowest BCUT2D eigenvalue weighted by atomic mass is 10.2. The number of carbonyl (C=O) groups is 2. The number of aryl methyl sites for hydroxylation is 1. The number of nitrogens with zero attached hydrogens (tertiary/aromatic N) is 1. The highest BCUT2D eigenvalue weighted by Gasteiger charge is 2.25. The Morgan fingerprint density at radius 3 is 3.05 bits per heavy atom. The minimum atomic E-state index is -0.208. The molecule has 102 valence electrons. The van der Waals surface area contributed by atoms with Gasteiger partial charge in [0.15, 0.2) is 0 Å². The van der Waals surface area contributed by atoms with E-state index in [0.717, 1.165) is 17.8 Å². The lowest BCUT2D eigenvalue weighted by Crippen LogP contribution is -2.55. The van der Waals surface area contributed by atoms with Crippen LogP contribution in [0.15, 0.2) is 24.3 Å². The second kappa shape index (κ2) is 5.84. The van der Waals surface area contributed by atoms with E-state index in [9.17, 15) is 9.59 Å². The van der Waals surface area contributed by atoms with Crippen molar-refractivity contribution in [3.63, 3.8) is 0 Å². The molecule has 1 aliphatic rings. The zero-order valence-electron chi connectivity index (χ0n) is 11.3. The molecule has 0 bridgehead atoms. The van der Waals surface area contributed by atoms with E-state index in [2.05, 4.69) is 10.6 Å². The van der Waals surface area contributed by atoms with Crippen molar-refractivity contribution in [2.45, 2.75) is 19.9 Å². The molecule has 0 aliphatic carbocycles. The molecule has 0 spiro atoms. The third-order valence-corrected chi connectivity index (χ3v) is 3.15. The number of amides is 2. The SMILES string of the molecule is Cc1cccc(NC(=O)CN2CCNC(C)C2=O)c1. The summed E-state index contributed by atoms with van der Waals surface area (Å²) >= 11 is 0. The van der Waals surface area contributed by atoms with Gasteiger partial charge in [0.05, 0.1) is 12.6 Å². The fraction of sp³-hybridized carbons (Fsp3) is 0.429. The van der Waals surface area contributed by atoms with Gasteiger partial charge in [0.2, 0.25) is 11.8 Å². The Morgan fingerprint density at radius 1 is 1.53 bits per heavy atom. The molecule has 0 radical (unpaired) electrons. The van der Waals surface area contributed by atoms with Gasteiger partial charge in [-0.3, -0.25) is 9.59 Å². The average molecular weight is 261 g/mol. The van der Waals surface area contributed by atoms with Crippen LogP contribution in [0.1, 0.15) is 12.5 Å². The van der Waals surface area contributed by atoms with Gasteiger partial charge >= 0.3 is 0 Å². The number of piperazine rings is 1. The summed E-state index contributed by atoms with van der Waals surface area (Å²) in [6, 6.07) is 7.40. The Morgan fingerprint density at radius 2 is 2.32 bits per heavy atom. The van der Waals surface area contributed by atoms with Gasteiger partial charge in [0, 0.05) is 18.8 Å². The Kier molecular flexibility index (Phi) is 4.16. The average Bonchev–Trinajstić information content (AvgIpc) is 2.35. The normalized spacial score (nSPS) is 19.4. The Labute approximate surface area is 113 Å². The number of rotatable bonds is 3. The molecule has 1 aliphatic heterocycles. The van der Waals surface area contributed by atoms with Gasteiger partial charge < -0.3 is 15.5 Å². The first-order chi connectivity index (χ1) is 9.06. The summed E-state index contributed by atoms with van der Waals surface area (Å²) in [6.07, 6.45) is 0. The maximum absolute atomic E-state index is 11.9. The van der Waals surface area contributed by atoms with Crippen molar-refractivity contribution >= 4 is 17.5 Å². The van der Waals surface area contributed by atoms with Crippen LogP contribution in [0.5, 0.6) is 0 Å². The highest BCUT2D eigenvalue weighted by molar-refractivity contribution is 5.95. The minimum absolute atomic E-state index is 0.0226. The summed E-state index contributed by atoms with van der Waals surface area (Å²) in [5.74, 6) is -0.182. The molecule has 1 aromatic carbocycles. The van der Waals surface area contributed by atoms with Crippen molar-refractivity contribution in [1.82, 2.24) is 10.2 Å². The van der Waals surface area contributed by atoms with Gasteiger partial charge in [-0.1, -0.05) is 12.1 Å². The molecule has 0 saturated carbocycles. The fourth-order valence-electron chi connectivity index (χ4n) is 2.14. The third kappa shape index (κ3) is 3.54. The van der Waals surface area contributed by atoms with Crippen LogP contribution in [0.25, 0.3) is 0 Å². The molecule has 5 heteroatoms. The van der Waals surface area contributed by atoms with Crippen molar-refractivity contribution in [2.75, 3.05) is 25.0 Å². The van der Waals surface area contributed by atoms with Gasteiger partial charge in [-0.05, 0) is 31.5 Å². The van der Waals surface area contributed by atoms with Gasteiger partial charge in [-0.15, -0.1) is 0 Å². The van der Waals surface area contributed by atoms with Crippen molar-refractivity contribution in [2.24, 2.45) is 0 Å². The lowest BCUT2D eigenvalue weighted by molar-refractivity contribution is -0.138. The molecule has 2 N–H and O–H groups in total. The molecule has 2 rings (SSSR count). The van der Waals surface area contributed by atoms with Crippen LogP contribution in [0.4, 0.5) is 5.69 Å². The van der Waals surface area contributed by atoms with E-state index < -0.39 is 0 Å². The number of carbonyl (C=O) groups excluding carboxylic acids is 2. The maximum atomic E-state index is 11.9. The Balaban J connectivity index is 1.92. The first kappa shape index (κ1) is 13.5. The largest absolute Gasteiger partial charge is 0.331 e. The van der Waals surface area contributed by atoms with E-state index in [1.807, 2.05) is 38.1 Å². The standard InChI is InChI=1S/C14H19N3O2/c1-10-4-3-5-12(8-10)16-13(18)9-17-7-6-15-11(2)14(17)19/h3-5,8,11,15H,6-7,9H2,1-2H3,(H,16,18).